The lowest BCUT2D eigenvalue weighted by Crippen LogP contribution is -2.30. The number of rotatable bonds is 55. The Hall–Kier alpha value is -4.97. The quantitative estimate of drug-likeness (QED) is 0.0261. The van der Waals surface area contributed by atoms with Gasteiger partial charge in [-0.3, -0.25) is 14.4 Å². The Morgan fingerprint density at radius 1 is 0.269 bits per heavy atom. The second-order valence-electron chi connectivity index (χ2n) is 20.2. The zero-order valence-electron chi connectivity index (χ0n) is 50.1. The molecule has 0 aliphatic carbocycles. The molecule has 0 bridgehead atoms. The van der Waals surface area contributed by atoms with Crippen LogP contribution in [0.2, 0.25) is 0 Å². The summed E-state index contributed by atoms with van der Waals surface area (Å²) in [6.07, 6.45) is 93.8. The first-order chi connectivity index (χ1) is 38.5. The first-order valence-corrected chi connectivity index (χ1v) is 31.5. The first kappa shape index (κ1) is 73.0. The molecule has 1 atom stereocenters. The Morgan fingerprint density at radius 3 is 0.808 bits per heavy atom. The van der Waals surface area contributed by atoms with E-state index in [2.05, 4.69) is 179 Å². The van der Waals surface area contributed by atoms with Gasteiger partial charge in [0.25, 0.3) is 0 Å². The van der Waals surface area contributed by atoms with Gasteiger partial charge in [-0.15, -0.1) is 0 Å². The Morgan fingerprint density at radius 2 is 0.500 bits per heavy atom. The zero-order valence-corrected chi connectivity index (χ0v) is 50.1. The molecular weight excluding hydrogens is 961 g/mol. The highest BCUT2D eigenvalue weighted by Crippen LogP contribution is 2.14. The van der Waals surface area contributed by atoms with Gasteiger partial charge in [-0.2, -0.15) is 0 Å². The SMILES string of the molecule is CC/C=C\C/C=C\C/C=C\C/C=C\C/C=C\C/C=C\C/C=C\C/C=C\CCCCC(=O)OCC(COC(=O)CCCCCCCCCCCCCC)OC(=O)CCCCCCC/C=C\C/C=C\C/C=C\C/C=C\C/C=C\CC. The van der Waals surface area contributed by atoms with Gasteiger partial charge < -0.3 is 14.2 Å². The molecule has 0 heterocycles. The maximum absolute atomic E-state index is 12.9. The molecule has 0 fully saturated rings. The fourth-order valence-corrected chi connectivity index (χ4v) is 8.13. The topological polar surface area (TPSA) is 78.9 Å². The molecule has 0 aromatic rings. The third-order valence-electron chi connectivity index (χ3n) is 12.8. The molecule has 0 saturated carbocycles. The summed E-state index contributed by atoms with van der Waals surface area (Å²) in [5.74, 6) is -0.973. The Kier molecular flexibility index (Phi) is 60.4. The normalized spacial score (nSPS) is 13.2. The van der Waals surface area contributed by atoms with Gasteiger partial charge in [0.05, 0.1) is 0 Å². The van der Waals surface area contributed by atoms with Crippen LogP contribution < -0.4 is 0 Å². The summed E-state index contributed by atoms with van der Waals surface area (Å²) in [6.45, 7) is 6.35. The molecule has 0 N–H and O–H groups in total. The van der Waals surface area contributed by atoms with Gasteiger partial charge in [-0.1, -0.05) is 269 Å². The van der Waals surface area contributed by atoms with E-state index in [1.165, 1.54) is 57.8 Å². The van der Waals surface area contributed by atoms with Gasteiger partial charge >= 0.3 is 17.9 Å². The highest BCUT2D eigenvalue weighted by atomic mass is 16.6. The van der Waals surface area contributed by atoms with E-state index in [-0.39, 0.29) is 31.1 Å². The molecular formula is C72H114O6. The van der Waals surface area contributed by atoms with Crippen molar-refractivity contribution in [3.8, 4) is 0 Å². The van der Waals surface area contributed by atoms with Gasteiger partial charge in [0.2, 0.25) is 0 Å². The van der Waals surface area contributed by atoms with E-state index in [1.807, 2.05) is 0 Å². The number of hydrogen-bond donors (Lipinski definition) is 0. The van der Waals surface area contributed by atoms with E-state index in [4.69, 9.17) is 14.2 Å². The Labute approximate surface area is 480 Å². The molecule has 0 aromatic heterocycles. The largest absolute Gasteiger partial charge is 0.462 e. The number of unbranched alkanes of at least 4 members (excludes halogenated alkanes) is 18. The van der Waals surface area contributed by atoms with Crippen LogP contribution in [0, 0.1) is 0 Å². The molecule has 0 rings (SSSR count). The number of ether oxygens (including phenoxy) is 3. The summed E-state index contributed by atoms with van der Waals surface area (Å²) in [4.78, 5) is 38.3. The van der Waals surface area contributed by atoms with Crippen molar-refractivity contribution in [2.24, 2.45) is 0 Å². The molecule has 6 nitrogen and oxygen atoms in total. The van der Waals surface area contributed by atoms with Crippen LogP contribution in [0.15, 0.2) is 158 Å². The summed E-state index contributed by atoms with van der Waals surface area (Å²) >= 11 is 0. The third-order valence-corrected chi connectivity index (χ3v) is 12.8. The highest BCUT2D eigenvalue weighted by Gasteiger charge is 2.19. The average molecular weight is 1080 g/mol. The summed E-state index contributed by atoms with van der Waals surface area (Å²) in [7, 11) is 0. The van der Waals surface area contributed by atoms with Gasteiger partial charge in [0, 0.05) is 19.3 Å². The molecule has 0 amide bonds. The van der Waals surface area contributed by atoms with Crippen LogP contribution in [0.25, 0.3) is 0 Å². The van der Waals surface area contributed by atoms with Crippen molar-refractivity contribution in [2.45, 2.75) is 264 Å². The maximum atomic E-state index is 12.9. The Bertz CT molecular complexity index is 1760. The second-order valence-corrected chi connectivity index (χ2v) is 20.2. The van der Waals surface area contributed by atoms with Crippen molar-refractivity contribution < 1.29 is 28.6 Å². The molecule has 0 aromatic carbocycles. The van der Waals surface area contributed by atoms with Crippen LogP contribution in [-0.2, 0) is 28.6 Å². The van der Waals surface area contributed by atoms with E-state index in [0.29, 0.717) is 25.7 Å². The predicted molar refractivity (Wildman–Crippen MR) is 338 cm³/mol. The minimum atomic E-state index is -0.814. The van der Waals surface area contributed by atoms with E-state index in [1.54, 1.807) is 0 Å². The van der Waals surface area contributed by atoms with Crippen molar-refractivity contribution in [1.29, 1.82) is 0 Å². The zero-order chi connectivity index (χ0) is 56.4. The van der Waals surface area contributed by atoms with Crippen molar-refractivity contribution >= 4 is 17.9 Å². The van der Waals surface area contributed by atoms with Crippen molar-refractivity contribution in [2.75, 3.05) is 13.2 Å². The van der Waals surface area contributed by atoms with Crippen molar-refractivity contribution in [3.63, 3.8) is 0 Å². The second kappa shape index (κ2) is 64.6. The lowest BCUT2D eigenvalue weighted by atomic mass is 10.0. The molecule has 0 saturated heterocycles. The number of esters is 3. The van der Waals surface area contributed by atoms with E-state index < -0.39 is 6.10 Å². The Balaban J connectivity index is 4.48. The predicted octanol–water partition coefficient (Wildman–Crippen LogP) is 21.7. The van der Waals surface area contributed by atoms with Crippen molar-refractivity contribution in [3.05, 3.63) is 158 Å². The van der Waals surface area contributed by atoms with Crippen molar-refractivity contribution in [1.82, 2.24) is 0 Å². The van der Waals surface area contributed by atoms with E-state index in [0.717, 1.165) is 154 Å². The highest BCUT2D eigenvalue weighted by molar-refractivity contribution is 5.71. The van der Waals surface area contributed by atoms with Crippen LogP contribution in [0.3, 0.4) is 0 Å². The van der Waals surface area contributed by atoms with E-state index in [9.17, 15) is 14.4 Å². The lowest BCUT2D eigenvalue weighted by Gasteiger charge is -2.18. The summed E-state index contributed by atoms with van der Waals surface area (Å²) in [5, 5.41) is 0. The molecule has 0 spiro atoms. The minimum Gasteiger partial charge on any atom is -0.462 e. The minimum absolute atomic E-state index is 0.105. The summed E-state index contributed by atoms with van der Waals surface area (Å²) < 4.78 is 16.9. The number of carbonyl (C=O) groups is 3. The van der Waals surface area contributed by atoms with Gasteiger partial charge in [0.15, 0.2) is 6.10 Å². The maximum Gasteiger partial charge on any atom is 0.306 e. The molecule has 0 radical (unpaired) electrons. The van der Waals surface area contributed by atoms with Crippen LogP contribution in [-0.4, -0.2) is 37.2 Å². The average Bonchev–Trinajstić information content (AvgIpc) is 3.44. The standard InChI is InChI=1S/C72H114O6/c1-4-7-10-13-16-19-22-25-27-29-31-33-34-35-36-37-38-40-41-43-45-47-50-53-56-59-62-65-71(74)77-68-69(67-76-70(73)64-61-58-55-52-49-24-21-18-15-12-9-6-3)78-72(75)66-63-60-57-54-51-48-46-44-42-39-32-30-28-26-23-20-17-14-11-8-5-2/h7-8,10-11,16-17,19-20,25-28,31-33,35-36,38-40,43-46,50,53,69H,4-6,9,12-15,18,21-24,29-30,34,37,41-42,47-49,51-52,54-68H2,1-3H3/b10-7-,11-8-,19-16-,20-17-,27-25-,28-26-,33-31-,36-35-,39-32-,40-38-,45-43-,46-44-,53-50-. The number of hydrogen-bond acceptors (Lipinski definition) is 6. The molecule has 6 heteroatoms. The molecule has 438 valence electrons. The lowest BCUT2D eigenvalue weighted by molar-refractivity contribution is -0.167. The van der Waals surface area contributed by atoms with E-state index >= 15 is 0 Å². The molecule has 78 heavy (non-hydrogen) atoms. The summed E-state index contributed by atoms with van der Waals surface area (Å²) in [5.41, 5.74) is 0. The van der Waals surface area contributed by atoms with Gasteiger partial charge in [-0.25, -0.2) is 0 Å². The van der Waals surface area contributed by atoms with Crippen LogP contribution >= 0.6 is 0 Å². The van der Waals surface area contributed by atoms with Gasteiger partial charge in [-0.05, 0) is 128 Å². The monoisotopic (exact) mass is 1070 g/mol. The molecule has 0 aliphatic rings. The smallest absolute Gasteiger partial charge is 0.306 e. The molecule has 1 unspecified atom stereocenters. The third kappa shape index (κ3) is 61.9. The summed E-state index contributed by atoms with van der Waals surface area (Å²) in [6, 6.07) is 0. The van der Waals surface area contributed by atoms with Crippen LogP contribution in [0.1, 0.15) is 258 Å². The van der Waals surface area contributed by atoms with Gasteiger partial charge in [0.1, 0.15) is 13.2 Å². The fraction of sp³-hybridized carbons (Fsp3) is 0.597. The number of allylic oxidation sites excluding steroid dienone is 26. The number of carbonyl (C=O) groups excluding carboxylic acids is 3. The first-order valence-electron chi connectivity index (χ1n) is 31.5. The van der Waals surface area contributed by atoms with Crippen LogP contribution in [0.4, 0.5) is 0 Å². The molecule has 0 aliphatic heterocycles. The fourth-order valence-electron chi connectivity index (χ4n) is 8.13. The van der Waals surface area contributed by atoms with Crippen LogP contribution in [0.5, 0.6) is 0 Å².